The molecule has 1 rings (SSSR count). The Morgan fingerprint density at radius 1 is 1.24 bits per heavy atom. The predicted octanol–water partition coefficient (Wildman–Crippen LogP) is 4.67. The summed E-state index contributed by atoms with van der Waals surface area (Å²) in [4.78, 5) is 22.6. The van der Waals surface area contributed by atoms with E-state index in [0.717, 1.165) is 51.4 Å². The van der Waals surface area contributed by atoms with E-state index in [1.54, 1.807) is 0 Å². The second-order valence-corrected chi connectivity index (χ2v) is 7.43. The highest BCUT2D eigenvalue weighted by Gasteiger charge is 2.32. The summed E-state index contributed by atoms with van der Waals surface area (Å²) in [5.41, 5.74) is 1.26. The monoisotopic (exact) mass is 350 g/mol. The Kier molecular flexibility index (Phi) is 10.4. The van der Waals surface area contributed by atoms with Crippen LogP contribution in [-0.2, 0) is 9.59 Å². The molecule has 1 aliphatic rings. The third kappa shape index (κ3) is 9.59. The Bertz CT molecular complexity index is 474. The number of carboxylic acids is 1. The lowest BCUT2D eigenvalue weighted by Crippen LogP contribution is -2.14. The molecule has 0 aromatic carbocycles. The minimum atomic E-state index is -0.737. The van der Waals surface area contributed by atoms with Gasteiger partial charge in [0.05, 0.1) is 6.10 Å². The van der Waals surface area contributed by atoms with Gasteiger partial charge in [0, 0.05) is 18.8 Å². The van der Waals surface area contributed by atoms with E-state index in [4.69, 9.17) is 5.11 Å². The summed E-state index contributed by atoms with van der Waals surface area (Å²) in [6.07, 6.45) is 13.4. The van der Waals surface area contributed by atoms with E-state index in [1.807, 2.05) is 12.2 Å². The molecule has 25 heavy (non-hydrogen) atoms. The SMILES string of the molecule is CC(C)=CCCC(O)C=C[C@H]1CCC(=O)[C@@H]1CCCCCCC(=O)O. The van der Waals surface area contributed by atoms with Gasteiger partial charge in [-0.05, 0) is 51.9 Å². The van der Waals surface area contributed by atoms with Crippen molar-refractivity contribution in [2.24, 2.45) is 11.8 Å². The summed E-state index contributed by atoms with van der Waals surface area (Å²) in [5, 5.41) is 18.7. The van der Waals surface area contributed by atoms with Crippen LogP contribution in [0.2, 0.25) is 0 Å². The van der Waals surface area contributed by atoms with Crippen molar-refractivity contribution in [3.8, 4) is 0 Å². The molecule has 4 heteroatoms. The van der Waals surface area contributed by atoms with Crippen LogP contribution in [0.25, 0.3) is 0 Å². The Labute approximate surface area is 152 Å². The normalized spacial score (nSPS) is 21.6. The number of hydrogen-bond acceptors (Lipinski definition) is 3. The van der Waals surface area contributed by atoms with Crippen molar-refractivity contribution >= 4 is 11.8 Å². The summed E-state index contributed by atoms with van der Waals surface area (Å²) in [7, 11) is 0. The molecule has 142 valence electrons. The molecule has 0 bridgehead atoms. The Morgan fingerprint density at radius 3 is 2.64 bits per heavy atom. The Morgan fingerprint density at radius 2 is 1.96 bits per heavy atom. The molecule has 0 aliphatic heterocycles. The Balaban J connectivity index is 2.32. The third-order valence-corrected chi connectivity index (χ3v) is 4.91. The highest BCUT2D eigenvalue weighted by atomic mass is 16.4. The zero-order chi connectivity index (χ0) is 18.7. The molecule has 2 N–H and O–H groups in total. The summed E-state index contributed by atoms with van der Waals surface area (Å²) >= 11 is 0. The lowest BCUT2D eigenvalue weighted by atomic mass is 9.89. The number of carboxylic acid groups (broad SMARTS) is 1. The van der Waals surface area contributed by atoms with Crippen molar-refractivity contribution in [2.45, 2.75) is 84.2 Å². The van der Waals surface area contributed by atoms with Crippen molar-refractivity contribution < 1.29 is 19.8 Å². The van der Waals surface area contributed by atoms with Gasteiger partial charge in [-0.1, -0.05) is 43.1 Å². The van der Waals surface area contributed by atoms with Gasteiger partial charge in [0.2, 0.25) is 0 Å². The highest BCUT2D eigenvalue weighted by molar-refractivity contribution is 5.83. The molecule has 1 unspecified atom stereocenters. The molecule has 1 saturated carbocycles. The van der Waals surface area contributed by atoms with Gasteiger partial charge in [0.25, 0.3) is 0 Å². The minimum absolute atomic E-state index is 0.0840. The first-order valence-corrected chi connectivity index (χ1v) is 9.64. The van der Waals surface area contributed by atoms with Gasteiger partial charge in [0.1, 0.15) is 5.78 Å². The first kappa shape index (κ1) is 21.6. The molecule has 0 saturated heterocycles. The van der Waals surface area contributed by atoms with Gasteiger partial charge in [-0.25, -0.2) is 0 Å². The molecule has 1 aliphatic carbocycles. The number of carbonyl (C=O) groups excluding carboxylic acids is 1. The molecule has 0 amide bonds. The summed E-state index contributed by atoms with van der Waals surface area (Å²) < 4.78 is 0. The second-order valence-electron chi connectivity index (χ2n) is 7.43. The van der Waals surface area contributed by atoms with Crippen LogP contribution in [0.4, 0.5) is 0 Å². The zero-order valence-electron chi connectivity index (χ0n) is 15.7. The van der Waals surface area contributed by atoms with Crippen molar-refractivity contribution in [3.63, 3.8) is 0 Å². The maximum absolute atomic E-state index is 12.1. The molecule has 0 aromatic heterocycles. The van der Waals surface area contributed by atoms with Crippen molar-refractivity contribution in [1.82, 2.24) is 0 Å². The predicted molar refractivity (Wildman–Crippen MR) is 100 cm³/mol. The van der Waals surface area contributed by atoms with Crippen LogP contribution in [0, 0.1) is 11.8 Å². The molecule has 1 fully saturated rings. The van der Waals surface area contributed by atoms with Gasteiger partial charge < -0.3 is 10.2 Å². The van der Waals surface area contributed by atoms with E-state index >= 15 is 0 Å². The number of allylic oxidation sites excluding steroid dienone is 3. The smallest absolute Gasteiger partial charge is 0.303 e. The van der Waals surface area contributed by atoms with E-state index in [9.17, 15) is 14.7 Å². The number of carbonyl (C=O) groups is 2. The number of ketones is 1. The van der Waals surface area contributed by atoms with Crippen LogP contribution in [0.1, 0.15) is 78.1 Å². The van der Waals surface area contributed by atoms with E-state index in [2.05, 4.69) is 19.9 Å². The standard InChI is InChI=1S/C21H34O4/c1-16(2)8-7-9-18(22)14-12-17-13-15-20(23)19(17)10-5-3-4-6-11-21(24)25/h8,12,14,17-19,22H,3-7,9-11,13,15H2,1-2H3,(H,24,25)/t17-,18?,19+/m0/s1. The fourth-order valence-electron chi connectivity index (χ4n) is 3.44. The average Bonchev–Trinajstić information content (AvgIpc) is 2.88. The fourth-order valence-corrected chi connectivity index (χ4v) is 3.44. The fraction of sp³-hybridized carbons (Fsp3) is 0.714. The lowest BCUT2D eigenvalue weighted by molar-refractivity contribution is -0.137. The van der Waals surface area contributed by atoms with Gasteiger partial charge >= 0.3 is 5.97 Å². The number of aliphatic hydroxyl groups excluding tert-OH is 1. The number of aliphatic carboxylic acids is 1. The lowest BCUT2D eigenvalue weighted by Gasteiger charge is -2.15. The van der Waals surface area contributed by atoms with Crippen LogP contribution in [0.3, 0.4) is 0 Å². The van der Waals surface area contributed by atoms with Crippen LogP contribution < -0.4 is 0 Å². The summed E-state index contributed by atoms with van der Waals surface area (Å²) in [6, 6.07) is 0. The molecule has 0 spiro atoms. The average molecular weight is 350 g/mol. The van der Waals surface area contributed by atoms with Crippen LogP contribution >= 0.6 is 0 Å². The maximum Gasteiger partial charge on any atom is 0.303 e. The molecule has 3 atom stereocenters. The van der Waals surface area contributed by atoms with Crippen LogP contribution in [0.5, 0.6) is 0 Å². The highest BCUT2D eigenvalue weighted by Crippen LogP contribution is 2.34. The van der Waals surface area contributed by atoms with Gasteiger partial charge in [-0.3, -0.25) is 9.59 Å². The number of hydrogen-bond donors (Lipinski definition) is 2. The largest absolute Gasteiger partial charge is 0.481 e. The Hall–Kier alpha value is -1.42. The van der Waals surface area contributed by atoms with E-state index in [-0.39, 0.29) is 18.3 Å². The van der Waals surface area contributed by atoms with Crippen molar-refractivity contribution in [3.05, 3.63) is 23.8 Å². The van der Waals surface area contributed by atoms with E-state index in [1.165, 1.54) is 5.57 Å². The van der Waals surface area contributed by atoms with Gasteiger partial charge in [0.15, 0.2) is 0 Å². The van der Waals surface area contributed by atoms with Crippen molar-refractivity contribution in [2.75, 3.05) is 0 Å². The number of rotatable bonds is 12. The second kappa shape index (κ2) is 12.0. The molecule has 4 nitrogen and oxygen atoms in total. The van der Waals surface area contributed by atoms with Crippen molar-refractivity contribution in [1.29, 1.82) is 0 Å². The molecule has 0 radical (unpaired) electrons. The molecule has 0 heterocycles. The first-order valence-electron chi connectivity index (χ1n) is 9.64. The topological polar surface area (TPSA) is 74.6 Å². The number of unbranched alkanes of at least 4 members (excludes halogenated alkanes) is 3. The first-order chi connectivity index (χ1) is 11.9. The molecule has 0 aromatic rings. The summed E-state index contributed by atoms with van der Waals surface area (Å²) in [6.45, 7) is 4.11. The van der Waals surface area contributed by atoms with Crippen LogP contribution in [0.15, 0.2) is 23.8 Å². The minimum Gasteiger partial charge on any atom is -0.481 e. The zero-order valence-corrected chi connectivity index (χ0v) is 15.7. The quantitative estimate of drug-likeness (QED) is 0.396. The third-order valence-electron chi connectivity index (χ3n) is 4.91. The summed E-state index contributed by atoms with van der Waals surface area (Å²) in [5.74, 6) is -0.0520. The number of Topliss-reactive ketones (excluding diaryl/α,β-unsaturated/α-hetero) is 1. The molecular weight excluding hydrogens is 316 g/mol. The van der Waals surface area contributed by atoms with Gasteiger partial charge in [-0.2, -0.15) is 0 Å². The molecular formula is C21H34O4. The van der Waals surface area contributed by atoms with Gasteiger partial charge in [-0.15, -0.1) is 0 Å². The maximum atomic E-state index is 12.1. The van der Waals surface area contributed by atoms with E-state index in [0.29, 0.717) is 12.2 Å². The van der Waals surface area contributed by atoms with Crippen LogP contribution in [-0.4, -0.2) is 28.1 Å². The number of aliphatic hydroxyl groups is 1. The van der Waals surface area contributed by atoms with E-state index < -0.39 is 12.1 Å².